The first-order valence-electron chi connectivity index (χ1n) is 10.2. The second kappa shape index (κ2) is 9.33. The Morgan fingerprint density at radius 3 is 2.97 bits per heavy atom. The van der Waals surface area contributed by atoms with E-state index >= 15 is 0 Å². The average molecular weight is 510 g/mol. The summed E-state index contributed by atoms with van der Waals surface area (Å²) in [4.78, 5) is 8.73. The van der Waals surface area contributed by atoms with Crippen LogP contribution in [0.15, 0.2) is 59.6 Å². The van der Waals surface area contributed by atoms with Gasteiger partial charge in [-0.3, -0.25) is 0 Å². The number of rotatable bonds is 7. The van der Waals surface area contributed by atoms with Crippen molar-refractivity contribution >= 4 is 33.1 Å². The first kappa shape index (κ1) is 21.0. The zero-order chi connectivity index (χ0) is 22.6. The summed E-state index contributed by atoms with van der Waals surface area (Å²) in [7, 11) is 1.61. The van der Waals surface area contributed by atoms with Crippen LogP contribution in [0.3, 0.4) is 0 Å². The molecule has 0 saturated carbocycles. The van der Waals surface area contributed by atoms with Crippen molar-refractivity contribution < 1.29 is 14.2 Å². The maximum atomic E-state index is 6.17. The Labute approximate surface area is 198 Å². The SMILES string of the molecule is COc1cc2c(cc1OCCn1ccnn1)Oc1ncnc(Nc3cccc(Br)c3)c1NC2. The molecule has 0 saturated heterocycles. The molecule has 33 heavy (non-hydrogen) atoms. The molecule has 2 N–H and O–H groups in total. The quantitative estimate of drug-likeness (QED) is 0.375. The van der Waals surface area contributed by atoms with Crippen molar-refractivity contribution in [3.63, 3.8) is 0 Å². The maximum absolute atomic E-state index is 6.17. The molecule has 0 bridgehead atoms. The van der Waals surface area contributed by atoms with E-state index < -0.39 is 0 Å². The summed E-state index contributed by atoms with van der Waals surface area (Å²) in [6.45, 7) is 1.46. The van der Waals surface area contributed by atoms with Gasteiger partial charge in [-0.15, -0.1) is 5.10 Å². The Kier molecular flexibility index (Phi) is 5.94. The average Bonchev–Trinajstić information content (AvgIpc) is 3.26. The fraction of sp³-hybridized carbons (Fsp3) is 0.182. The van der Waals surface area contributed by atoms with Gasteiger partial charge in [0.25, 0.3) is 0 Å². The highest BCUT2D eigenvalue weighted by Gasteiger charge is 2.22. The summed E-state index contributed by atoms with van der Waals surface area (Å²) in [5.74, 6) is 2.84. The van der Waals surface area contributed by atoms with Crippen LogP contribution in [0.2, 0.25) is 0 Å². The van der Waals surface area contributed by atoms with Gasteiger partial charge in [0.2, 0.25) is 5.88 Å². The van der Waals surface area contributed by atoms with Crippen LogP contribution < -0.4 is 24.8 Å². The predicted octanol–water partition coefficient (Wildman–Crippen LogP) is 4.38. The lowest BCUT2D eigenvalue weighted by Crippen LogP contribution is -2.09. The monoisotopic (exact) mass is 509 g/mol. The van der Waals surface area contributed by atoms with Gasteiger partial charge >= 0.3 is 0 Å². The minimum absolute atomic E-state index is 0.399. The molecular formula is C22H20BrN7O3. The molecule has 5 rings (SSSR count). The normalized spacial score (nSPS) is 11.9. The Morgan fingerprint density at radius 2 is 2.15 bits per heavy atom. The molecule has 0 radical (unpaired) electrons. The minimum Gasteiger partial charge on any atom is -0.493 e. The van der Waals surface area contributed by atoms with Gasteiger partial charge in [0.05, 0.1) is 19.9 Å². The molecule has 168 valence electrons. The summed E-state index contributed by atoms with van der Waals surface area (Å²) in [6.07, 6.45) is 4.87. The van der Waals surface area contributed by atoms with Crippen molar-refractivity contribution in [2.24, 2.45) is 0 Å². The number of benzene rings is 2. The van der Waals surface area contributed by atoms with E-state index in [1.807, 2.05) is 36.4 Å². The Bertz CT molecular complexity index is 1270. The lowest BCUT2D eigenvalue weighted by atomic mass is 10.1. The van der Waals surface area contributed by atoms with Crippen molar-refractivity contribution in [2.45, 2.75) is 13.1 Å². The molecule has 0 aliphatic carbocycles. The van der Waals surface area contributed by atoms with Gasteiger partial charge < -0.3 is 24.8 Å². The van der Waals surface area contributed by atoms with Gasteiger partial charge in [-0.2, -0.15) is 4.98 Å². The van der Waals surface area contributed by atoms with Crippen LogP contribution in [0.5, 0.6) is 23.1 Å². The number of hydrogen-bond acceptors (Lipinski definition) is 9. The zero-order valence-electron chi connectivity index (χ0n) is 17.7. The molecule has 3 heterocycles. The van der Waals surface area contributed by atoms with Gasteiger partial charge in [-0.05, 0) is 24.3 Å². The molecule has 1 aliphatic heterocycles. The highest BCUT2D eigenvalue weighted by molar-refractivity contribution is 9.10. The largest absolute Gasteiger partial charge is 0.493 e. The van der Waals surface area contributed by atoms with Crippen molar-refractivity contribution in [2.75, 3.05) is 24.4 Å². The van der Waals surface area contributed by atoms with E-state index in [-0.39, 0.29) is 0 Å². The van der Waals surface area contributed by atoms with Crippen molar-refractivity contribution in [1.29, 1.82) is 0 Å². The molecule has 0 atom stereocenters. The number of aromatic nitrogens is 5. The second-order valence-electron chi connectivity index (χ2n) is 7.12. The number of methoxy groups -OCH3 is 1. The molecule has 0 spiro atoms. The molecule has 2 aromatic carbocycles. The molecular weight excluding hydrogens is 490 g/mol. The lowest BCUT2D eigenvalue weighted by molar-refractivity contribution is 0.271. The number of anilines is 3. The fourth-order valence-corrected chi connectivity index (χ4v) is 3.78. The predicted molar refractivity (Wildman–Crippen MR) is 125 cm³/mol. The molecule has 4 aromatic rings. The van der Waals surface area contributed by atoms with E-state index in [1.54, 1.807) is 24.2 Å². The second-order valence-corrected chi connectivity index (χ2v) is 8.03. The summed E-state index contributed by atoms with van der Waals surface area (Å²) in [5, 5.41) is 14.4. The number of hydrogen-bond donors (Lipinski definition) is 2. The number of ether oxygens (including phenoxy) is 3. The molecule has 0 unspecified atom stereocenters. The van der Waals surface area contributed by atoms with Gasteiger partial charge in [0.15, 0.2) is 17.3 Å². The molecule has 2 aromatic heterocycles. The topological polar surface area (TPSA) is 108 Å². The number of nitrogens with zero attached hydrogens (tertiary/aromatic N) is 5. The highest BCUT2D eigenvalue weighted by atomic mass is 79.9. The van der Waals surface area contributed by atoms with Gasteiger partial charge in [-0.1, -0.05) is 27.2 Å². The number of halogens is 1. The smallest absolute Gasteiger partial charge is 0.248 e. The van der Waals surface area contributed by atoms with E-state index in [4.69, 9.17) is 14.2 Å². The van der Waals surface area contributed by atoms with E-state index in [0.717, 1.165) is 15.7 Å². The third-order valence-electron chi connectivity index (χ3n) is 4.96. The highest BCUT2D eigenvalue weighted by Crippen LogP contribution is 2.42. The van der Waals surface area contributed by atoms with E-state index in [2.05, 4.69) is 46.8 Å². The van der Waals surface area contributed by atoms with Gasteiger partial charge in [-0.25, -0.2) is 9.67 Å². The Morgan fingerprint density at radius 1 is 1.21 bits per heavy atom. The van der Waals surface area contributed by atoms with Gasteiger partial charge in [0, 0.05) is 34.5 Å². The van der Waals surface area contributed by atoms with Crippen molar-refractivity contribution in [1.82, 2.24) is 25.0 Å². The zero-order valence-corrected chi connectivity index (χ0v) is 19.2. The molecule has 11 heteroatoms. The fourth-order valence-electron chi connectivity index (χ4n) is 3.38. The van der Waals surface area contributed by atoms with E-state index in [1.165, 1.54) is 6.33 Å². The first-order chi connectivity index (χ1) is 16.2. The van der Waals surface area contributed by atoms with Crippen molar-refractivity contribution in [3.05, 3.63) is 65.2 Å². The Hall–Kier alpha value is -3.86. The van der Waals surface area contributed by atoms with Crippen LogP contribution in [-0.2, 0) is 13.1 Å². The van der Waals surface area contributed by atoms with Crippen LogP contribution in [0.4, 0.5) is 17.2 Å². The van der Waals surface area contributed by atoms with Crippen molar-refractivity contribution in [3.8, 4) is 23.1 Å². The summed E-state index contributed by atoms with van der Waals surface area (Å²) < 4.78 is 20.3. The van der Waals surface area contributed by atoms with Crippen LogP contribution in [0.25, 0.3) is 0 Å². The van der Waals surface area contributed by atoms with Crippen LogP contribution in [0, 0.1) is 0 Å². The molecule has 0 fully saturated rings. The Balaban J connectivity index is 1.39. The number of fused-ring (bicyclic) bond motifs is 2. The maximum Gasteiger partial charge on any atom is 0.248 e. The molecule has 0 amide bonds. The third-order valence-corrected chi connectivity index (χ3v) is 5.45. The third kappa shape index (κ3) is 4.67. The summed E-state index contributed by atoms with van der Waals surface area (Å²) in [5.41, 5.74) is 2.46. The number of nitrogens with one attached hydrogen (secondary N) is 2. The summed E-state index contributed by atoms with van der Waals surface area (Å²) in [6, 6.07) is 11.5. The van der Waals surface area contributed by atoms with Gasteiger partial charge in [0.1, 0.15) is 24.4 Å². The first-order valence-corrected chi connectivity index (χ1v) is 11.0. The van der Waals surface area contributed by atoms with Crippen LogP contribution >= 0.6 is 15.9 Å². The molecule has 10 nitrogen and oxygen atoms in total. The lowest BCUT2D eigenvalue weighted by Gasteiger charge is -2.14. The summed E-state index contributed by atoms with van der Waals surface area (Å²) >= 11 is 3.49. The van der Waals surface area contributed by atoms with Crippen LogP contribution in [-0.4, -0.2) is 38.7 Å². The van der Waals surface area contributed by atoms with E-state index in [0.29, 0.717) is 54.3 Å². The standard InChI is InChI=1S/C22H20BrN7O3/c1-31-18-9-14-12-24-20-21(28-16-4-2-3-15(23)10-16)25-13-26-22(20)33-17(14)11-19(18)32-8-7-30-6-5-27-29-30/h2-6,9-11,13,24H,7-8,12H2,1H3,(H,25,26,28). The minimum atomic E-state index is 0.399. The van der Waals surface area contributed by atoms with Crippen LogP contribution in [0.1, 0.15) is 5.56 Å². The molecule has 1 aliphatic rings. The van der Waals surface area contributed by atoms with E-state index in [9.17, 15) is 0 Å².